The van der Waals surface area contributed by atoms with Crippen molar-refractivity contribution in [2.24, 2.45) is 0 Å². The number of hydrogen-bond acceptors (Lipinski definition) is 4. The predicted octanol–water partition coefficient (Wildman–Crippen LogP) is 2.25. The Balaban J connectivity index is 1.82. The molecule has 1 aromatic heterocycles. The van der Waals surface area contributed by atoms with Crippen LogP contribution in [0.4, 0.5) is 4.79 Å². The molecule has 6 nitrogen and oxygen atoms in total. The number of hydrogen-bond donors (Lipinski definition) is 1. The molecule has 1 aliphatic heterocycles. The van der Waals surface area contributed by atoms with Crippen molar-refractivity contribution in [3.63, 3.8) is 0 Å². The second-order valence-corrected chi connectivity index (χ2v) is 6.42. The van der Waals surface area contributed by atoms with E-state index in [0.29, 0.717) is 24.6 Å². The predicted molar refractivity (Wildman–Crippen MR) is 77.2 cm³/mol. The molecular formula is C15H22N2O4. The van der Waals surface area contributed by atoms with Gasteiger partial charge in [-0.05, 0) is 40.7 Å². The summed E-state index contributed by atoms with van der Waals surface area (Å²) in [7, 11) is 0. The number of nitrogens with zero attached hydrogens (tertiary/aromatic N) is 1. The van der Waals surface area contributed by atoms with Gasteiger partial charge in [0.25, 0.3) is 5.91 Å². The van der Waals surface area contributed by atoms with Crippen molar-refractivity contribution in [2.75, 3.05) is 13.1 Å². The van der Waals surface area contributed by atoms with Crippen LogP contribution in [0, 0.1) is 13.8 Å². The third-order valence-corrected chi connectivity index (χ3v) is 3.12. The first kappa shape index (κ1) is 15.4. The molecule has 0 aromatic carbocycles. The number of nitrogens with one attached hydrogen (secondary N) is 1. The van der Waals surface area contributed by atoms with E-state index in [-0.39, 0.29) is 18.0 Å². The van der Waals surface area contributed by atoms with Gasteiger partial charge in [-0.1, -0.05) is 0 Å². The molecule has 1 aliphatic rings. The largest absolute Gasteiger partial charge is 0.456 e. The molecule has 0 unspecified atom stereocenters. The molecule has 0 spiro atoms. The Bertz CT molecular complexity index is 551. The Morgan fingerprint density at radius 1 is 1.33 bits per heavy atom. The van der Waals surface area contributed by atoms with Crippen molar-refractivity contribution < 1.29 is 18.7 Å². The molecular weight excluding hydrogens is 272 g/mol. The van der Waals surface area contributed by atoms with Gasteiger partial charge in [-0.2, -0.15) is 0 Å². The second kappa shape index (κ2) is 5.42. The quantitative estimate of drug-likeness (QED) is 0.908. The zero-order chi connectivity index (χ0) is 15.8. The summed E-state index contributed by atoms with van der Waals surface area (Å²) < 4.78 is 10.6. The van der Waals surface area contributed by atoms with Gasteiger partial charge in [-0.25, -0.2) is 4.79 Å². The summed E-state index contributed by atoms with van der Waals surface area (Å²) in [5, 5.41) is 2.85. The summed E-state index contributed by atoms with van der Waals surface area (Å²) in [5.74, 6) is 0.805. The number of furan rings is 1. The van der Waals surface area contributed by atoms with E-state index in [4.69, 9.17) is 9.15 Å². The lowest BCUT2D eigenvalue weighted by Gasteiger charge is -2.39. The van der Waals surface area contributed by atoms with Crippen LogP contribution in [0.5, 0.6) is 0 Å². The minimum atomic E-state index is -0.506. The summed E-state index contributed by atoms with van der Waals surface area (Å²) >= 11 is 0. The Labute approximate surface area is 124 Å². The highest BCUT2D eigenvalue weighted by Crippen LogP contribution is 2.17. The van der Waals surface area contributed by atoms with Crippen LogP contribution in [-0.4, -0.2) is 41.6 Å². The molecule has 0 bridgehead atoms. The summed E-state index contributed by atoms with van der Waals surface area (Å²) in [4.78, 5) is 25.4. The highest BCUT2D eigenvalue weighted by molar-refractivity contribution is 5.93. The summed E-state index contributed by atoms with van der Waals surface area (Å²) in [6.07, 6.45) is -0.349. The van der Waals surface area contributed by atoms with Crippen molar-refractivity contribution in [1.29, 1.82) is 0 Å². The van der Waals surface area contributed by atoms with Crippen LogP contribution in [0.3, 0.4) is 0 Å². The van der Waals surface area contributed by atoms with Gasteiger partial charge in [0, 0.05) is 18.7 Å². The lowest BCUT2D eigenvalue weighted by atomic mass is 10.1. The fraction of sp³-hybridized carbons (Fsp3) is 0.600. The Morgan fingerprint density at radius 2 is 1.95 bits per heavy atom. The zero-order valence-corrected chi connectivity index (χ0v) is 13.1. The van der Waals surface area contributed by atoms with Gasteiger partial charge < -0.3 is 19.4 Å². The number of aryl methyl sites for hydroxylation is 2. The highest BCUT2D eigenvalue weighted by atomic mass is 16.6. The zero-order valence-electron chi connectivity index (χ0n) is 13.1. The van der Waals surface area contributed by atoms with Gasteiger partial charge >= 0.3 is 6.09 Å². The van der Waals surface area contributed by atoms with E-state index in [9.17, 15) is 9.59 Å². The van der Waals surface area contributed by atoms with Crippen LogP contribution in [-0.2, 0) is 4.74 Å². The lowest BCUT2D eigenvalue weighted by Crippen LogP contribution is -2.61. The smallest absolute Gasteiger partial charge is 0.410 e. The molecule has 0 radical (unpaired) electrons. The van der Waals surface area contributed by atoms with E-state index in [1.807, 2.05) is 33.8 Å². The summed E-state index contributed by atoms with van der Waals surface area (Å²) in [6.45, 7) is 10.0. The van der Waals surface area contributed by atoms with Crippen molar-refractivity contribution in [2.45, 2.75) is 46.3 Å². The van der Waals surface area contributed by atoms with E-state index < -0.39 is 5.60 Å². The maximum absolute atomic E-state index is 12.0. The number of amides is 2. The molecule has 1 N–H and O–H groups in total. The topological polar surface area (TPSA) is 71.8 Å². The minimum Gasteiger partial charge on any atom is -0.456 e. The molecule has 1 fully saturated rings. The molecule has 1 aromatic rings. The molecule has 2 heterocycles. The van der Waals surface area contributed by atoms with Gasteiger partial charge in [0.1, 0.15) is 11.4 Å². The Hall–Kier alpha value is -1.98. The van der Waals surface area contributed by atoms with E-state index in [1.165, 1.54) is 0 Å². The standard InChI is InChI=1S/C15H22N2O4/c1-9-6-10(2)20-12(9)13(18)16-11-7-17(8-11)14(19)21-15(3,4)5/h6,11H,7-8H2,1-5H3,(H,16,18). The number of likely N-dealkylation sites (tertiary alicyclic amines) is 1. The third kappa shape index (κ3) is 3.77. The molecule has 116 valence electrons. The molecule has 0 saturated carbocycles. The van der Waals surface area contributed by atoms with Gasteiger partial charge in [-0.3, -0.25) is 4.79 Å². The highest BCUT2D eigenvalue weighted by Gasteiger charge is 2.35. The molecule has 6 heteroatoms. The van der Waals surface area contributed by atoms with Crippen LogP contribution in [0.15, 0.2) is 10.5 Å². The maximum atomic E-state index is 12.0. The molecule has 2 amide bonds. The average Bonchev–Trinajstić information content (AvgIpc) is 2.59. The molecule has 21 heavy (non-hydrogen) atoms. The van der Waals surface area contributed by atoms with Crippen LogP contribution < -0.4 is 5.32 Å². The fourth-order valence-corrected chi connectivity index (χ4v) is 2.16. The first-order valence-corrected chi connectivity index (χ1v) is 7.01. The fourth-order valence-electron chi connectivity index (χ4n) is 2.16. The van der Waals surface area contributed by atoms with E-state index in [1.54, 1.807) is 11.8 Å². The van der Waals surface area contributed by atoms with Gasteiger partial charge in [0.05, 0.1) is 6.04 Å². The van der Waals surface area contributed by atoms with E-state index in [0.717, 1.165) is 5.56 Å². The van der Waals surface area contributed by atoms with Gasteiger partial charge in [0.15, 0.2) is 5.76 Å². The van der Waals surface area contributed by atoms with Crippen LogP contribution in [0.25, 0.3) is 0 Å². The van der Waals surface area contributed by atoms with Crippen molar-refractivity contribution in [1.82, 2.24) is 10.2 Å². The van der Waals surface area contributed by atoms with Crippen molar-refractivity contribution >= 4 is 12.0 Å². The van der Waals surface area contributed by atoms with Crippen LogP contribution in [0.2, 0.25) is 0 Å². The summed E-state index contributed by atoms with van der Waals surface area (Å²) in [6, 6.07) is 1.76. The Kier molecular flexibility index (Phi) is 3.98. The first-order valence-electron chi connectivity index (χ1n) is 7.01. The first-order chi connectivity index (χ1) is 9.65. The maximum Gasteiger partial charge on any atom is 0.410 e. The normalized spacial score (nSPS) is 15.6. The molecule has 0 atom stereocenters. The van der Waals surface area contributed by atoms with Crippen LogP contribution in [0.1, 0.15) is 42.6 Å². The number of carbonyl (C=O) groups is 2. The third-order valence-electron chi connectivity index (χ3n) is 3.12. The van der Waals surface area contributed by atoms with Gasteiger partial charge in [-0.15, -0.1) is 0 Å². The summed E-state index contributed by atoms with van der Waals surface area (Å²) in [5.41, 5.74) is 0.308. The van der Waals surface area contributed by atoms with Crippen molar-refractivity contribution in [3.05, 3.63) is 23.2 Å². The van der Waals surface area contributed by atoms with Crippen molar-refractivity contribution in [3.8, 4) is 0 Å². The minimum absolute atomic E-state index is 0.0603. The molecule has 2 rings (SSSR count). The average molecular weight is 294 g/mol. The molecule has 0 aliphatic carbocycles. The number of rotatable bonds is 2. The van der Waals surface area contributed by atoms with E-state index in [2.05, 4.69) is 5.32 Å². The lowest BCUT2D eigenvalue weighted by molar-refractivity contribution is 0.00521. The van der Waals surface area contributed by atoms with Crippen LogP contribution >= 0.6 is 0 Å². The number of carbonyl (C=O) groups excluding carboxylic acids is 2. The van der Waals surface area contributed by atoms with E-state index >= 15 is 0 Å². The molecule has 1 saturated heterocycles. The Morgan fingerprint density at radius 3 is 2.43 bits per heavy atom. The SMILES string of the molecule is Cc1cc(C)c(C(=O)NC2CN(C(=O)OC(C)(C)C)C2)o1. The second-order valence-electron chi connectivity index (χ2n) is 6.42. The number of ether oxygens (including phenoxy) is 1. The van der Waals surface area contributed by atoms with Gasteiger partial charge in [0.2, 0.25) is 0 Å². The monoisotopic (exact) mass is 294 g/mol.